The highest BCUT2D eigenvalue weighted by Crippen LogP contribution is 2.38. The second-order valence-electron chi connectivity index (χ2n) is 22.6. The van der Waals surface area contributed by atoms with E-state index in [-0.39, 0.29) is 31.5 Å². The lowest BCUT2D eigenvalue weighted by atomic mass is 10.0. The van der Waals surface area contributed by atoms with Gasteiger partial charge in [0.2, 0.25) is 5.91 Å². The third-order valence-electron chi connectivity index (χ3n) is 14.2. The zero-order valence-electron chi connectivity index (χ0n) is 48.2. The van der Waals surface area contributed by atoms with Crippen molar-refractivity contribution in [2.24, 2.45) is 0 Å². The lowest BCUT2D eigenvalue weighted by Gasteiger charge is -2.30. The number of hydrogen-bond donors (Lipinski definition) is 1. The standard InChI is InChI=1S/C61H121N2O7P/c1-7-10-13-16-19-22-25-27-28-29-30-31-32-33-34-36-39-41-44-47-50-53-60(64)62-58(57-69-71(66,67)68-56-55-63(4,5)6)59(52-49-46-43-40-38-35-26-23-20-17-14-11-8-2)70-61(65)54-51-48-45-42-37-24-21-18-15-12-9-3/h49,52,58-59H,7-48,50-51,53-57H2,1-6H3,(H-,62,64,66,67)/b52-49+. The van der Waals surface area contributed by atoms with Gasteiger partial charge in [0.15, 0.2) is 0 Å². The van der Waals surface area contributed by atoms with E-state index >= 15 is 0 Å². The van der Waals surface area contributed by atoms with Crippen LogP contribution in [0.4, 0.5) is 0 Å². The number of carbonyl (C=O) groups excluding carboxylic acids is 2. The van der Waals surface area contributed by atoms with Crippen molar-refractivity contribution < 1.29 is 37.3 Å². The molecule has 0 aromatic carbocycles. The van der Waals surface area contributed by atoms with Gasteiger partial charge in [-0.2, -0.15) is 0 Å². The molecule has 0 aromatic heterocycles. The van der Waals surface area contributed by atoms with E-state index in [4.69, 9.17) is 13.8 Å². The van der Waals surface area contributed by atoms with Gasteiger partial charge < -0.3 is 28.5 Å². The summed E-state index contributed by atoms with van der Waals surface area (Å²) < 4.78 is 30.3. The normalized spacial score (nSPS) is 13.7. The Bertz CT molecular complexity index is 1230. The molecule has 0 heterocycles. The Kier molecular flexibility index (Phi) is 51.3. The number of quaternary nitrogens is 1. The molecule has 9 nitrogen and oxygen atoms in total. The maximum absolute atomic E-state index is 13.5. The van der Waals surface area contributed by atoms with Gasteiger partial charge in [0.25, 0.3) is 7.82 Å². The molecule has 0 rings (SSSR count). The molecule has 0 aliphatic rings. The maximum atomic E-state index is 13.5. The molecular formula is C61H121N2O7P. The predicted molar refractivity (Wildman–Crippen MR) is 303 cm³/mol. The van der Waals surface area contributed by atoms with Crippen molar-refractivity contribution in [2.45, 2.75) is 328 Å². The lowest BCUT2D eigenvalue weighted by molar-refractivity contribution is -0.870. The third kappa shape index (κ3) is 53.4. The van der Waals surface area contributed by atoms with E-state index in [0.717, 1.165) is 57.8 Å². The van der Waals surface area contributed by atoms with Crippen molar-refractivity contribution in [2.75, 3.05) is 40.9 Å². The van der Waals surface area contributed by atoms with Crippen LogP contribution >= 0.6 is 7.82 Å². The number of allylic oxidation sites excluding steroid dienone is 1. The average Bonchev–Trinajstić information content (AvgIpc) is 3.33. The number of rotatable bonds is 57. The SMILES string of the molecule is CCCCCCCCCCCCC/C=C/C(OC(=O)CCCCCCCCCCCCC)C(COP(=O)([O-])OCC[N+](C)(C)C)NC(=O)CCCCCCCCCCCCCCCCCCCCCCC. The second-order valence-corrected chi connectivity index (χ2v) is 24.0. The number of nitrogens with one attached hydrogen (secondary N) is 1. The van der Waals surface area contributed by atoms with Gasteiger partial charge in [-0.15, -0.1) is 0 Å². The quantitative estimate of drug-likeness (QED) is 0.0212. The summed E-state index contributed by atoms with van der Waals surface area (Å²) in [6, 6.07) is -0.878. The summed E-state index contributed by atoms with van der Waals surface area (Å²) in [5.74, 6) is -0.522. The Morgan fingerprint density at radius 3 is 1.15 bits per heavy atom. The van der Waals surface area contributed by atoms with Crippen LogP contribution in [0.15, 0.2) is 12.2 Å². The zero-order chi connectivity index (χ0) is 52.2. The first-order chi connectivity index (χ1) is 34.4. The van der Waals surface area contributed by atoms with Gasteiger partial charge in [-0.3, -0.25) is 14.2 Å². The number of carbonyl (C=O) groups is 2. The fourth-order valence-electron chi connectivity index (χ4n) is 9.41. The van der Waals surface area contributed by atoms with Crippen LogP contribution in [0.1, 0.15) is 316 Å². The molecule has 10 heteroatoms. The van der Waals surface area contributed by atoms with Crippen molar-refractivity contribution in [3.05, 3.63) is 12.2 Å². The van der Waals surface area contributed by atoms with Crippen LogP contribution in [-0.4, -0.2) is 69.4 Å². The Labute approximate surface area is 441 Å². The topological polar surface area (TPSA) is 114 Å². The summed E-state index contributed by atoms with van der Waals surface area (Å²) in [5.41, 5.74) is 0. The summed E-state index contributed by atoms with van der Waals surface area (Å²) in [5, 5.41) is 3.04. The minimum Gasteiger partial charge on any atom is -0.756 e. The van der Waals surface area contributed by atoms with Crippen LogP contribution in [0.5, 0.6) is 0 Å². The number of amides is 1. The summed E-state index contributed by atoms with van der Waals surface area (Å²) in [6.45, 7) is 6.88. The number of phosphoric acid groups is 1. The van der Waals surface area contributed by atoms with Crippen LogP contribution in [0.3, 0.4) is 0 Å². The Morgan fingerprint density at radius 1 is 0.479 bits per heavy atom. The molecule has 0 aliphatic heterocycles. The van der Waals surface area contributed by atoms with Gasteiger partial charge in [0.05, 0.1) is 33.8 Å². The van der Waals surface area contributed by atoms with Crippen LogP contribution < -0.4 is 10.2 Å². The minimum absolute atomic E-state index is 0.0169. The van der Waals surface area contributed by atoms with Gasteiger partial charge in [0, 0.05) is 12.8 Å². The third-order valence-corrected chi connectivity index (χ3v) is 15.2. The molecule has 0 saturated heterocycles. The number of esters is 1. The van der Waals surface area contributed by atoms with Crippen molar-refractivity contribution >= 4 is 19.7 Å². The number of ether oxygens (including phenoxy) is 1. The molecule has 71 heavy (non-hydrogen) atoms. The van der Waals surface area contributed by atoms with Crippen molar-refractivity contribution in [3.63, 3.8) is 0 Å². The smallest absolute Gasteiger partial charge is 0.306 e. The largest absolute Gasteiger partial charge is 0.756 e. The van der Waals surface area contributed by atoms with Crippen LogP contribution in [0.2, 0.25) is 0 Å². The van der Waals surface area contributed by atoms with E-state index in [1.165, 1.54) is 225 Å². The maximum Gasteiger partial charge on any atom is 0.306 e. The molecule has 0 radical (unpaired) electrons. The Balaban J connectivity index is 5.14. The highest BCUT2D eigenvalue weighted by atomic mass is 31.2. The first-order valence-corrected chi connectivity index (χ1v) is 32.5. The molecule has 0 saturated carbocycles. The van der Waals surface area contributed by atoms with Crippen LogP contribution in [-0.2, 0) is 27.9 Å². The number of phosphoric ester groups is 1. The molecule has 0 aromatic rings. The molecule has 0 bridgehead atoms. The zero-order valence-corrected chi connectivity index (χ0v) is 49.1. The summed E-state index contributed by atoms with van der Waals surface area (Å²) in [6.07, 6.45) is 58.9. The fourth-order valence-corrected chi connectivity index (χ4v) is 10.1. The molecule has 0 aliphatic carbocycles. The van der Waals surface area contributed by atoms with Crippen molar-refractivity contribution in [1.82, 2.24) is 5.32 Å². The minimum atomic E-state index is -4.69. The number of nitrogens with zero attached hydrogens (tertiary/aromatic N) is 1. The van der Waals surface area contributed by atoms with E-state index in [1.54, 1.807) is 0 Å². The lowest BCUT2D eigenvalue weighted by Crippen LogP contribution is -2.47. The molecule has 1 amide bonds. The highest BCUT2D eigenvalue weighted by molar-refractivity contribution is 7.45. The number of hydrogen-bond acceptors (Lipinski definition) is 7. The molecule has 0 spiro atoms. The molecule has 3 unspecified atom stereocenters. The van der Waals surface area contributed by atoms with Gasteiger partial charge in [0.1, 0.15) is 19.3 Å². The first kappa shape index (κ1) is 69.8. The van der Waals surface area contributed by atoms with Crippen LogP contribution in [0, 0.1) is 0 Å². The summed E-state index contributed by atoms with van der Waals surface area (Å²) in [4.78, 5) is 39.9. The Morgan fingerprint density at radius 2 is 0.803 bits per heavy atom. The number of likely N-dealkylation sites (N-methyl/N-ethyl adjacent to an activating group) is 1. The second kappa shape index (κ2) is 52.2. The van der Waals surface area contributed by atoms with Gasteiger partial charge in [-0.1, -0.05) is 284 Å². The molecule has 0 fully saturated rings. The molecular weight excluding hydrogens is 904 g/mol. The van der Waals surface area contributed by atoms with Gasteiger partial charge >= 0.3 is 5.97 Å². The van der Waals surface area contributed by atoms with Crippen LogP contribution in [0.25, 0.3) is 0 Å². The van der Waals surface area contributed by atoms with E-state index in [2.05, 4.69) is 26.1 Å². The fraction of sp³-hybridized carbons (Fsp3) is 0.934. The summed E-state index contributed by atoms with van der Waals surface area (Å²) >= 11 is 0. The van der Waals surface area contributed by atoms with E-state index in [0.29, 0.717) is 17.4 Å². The Hall–Kier alpha value is -1.25. The first-order valence-electron chi connectivity index (χ1n) is 31.0. The summed E-state index contributed by atoms with van der Waals surface area (Å²) in [7, 11) is 1.21. The average molecular weight is 1030 g/mol. The predicted octanol–water partition coefficient (Wildman–Crippen LogP) is 18.2. The van der Waals surface area contributed by atoms with Gasteiger partial charge in [-0.05, 0) is 31.8 Å². The number of unbranched alkanes of at least 4 members (excludes halogenated alkanes) is 41. The monoisotopic (exact) mass is 1020 g/mol. The molecule has 1 N–H and O–H groups in total. The highest BCUT2D eigenvalue weighted by Gasteiger charge is 2.27. The van der Waals surface area contributed by atoms with E-state index in [9.17, 15) is 19.0 Å². The molecule has 422 valence electrons. The molecule has 3 atom stereocenters. The van der Waals surface area contributed by atoms with Crippen molar-refractivity contribution in [3.8, 4) is 0 Å². The van der Waals surface area contributed by atoms with Gasteiger partial charge in [-0.25, -0.2) is 0 Å². The van der Waals surface area contributed by atoms with Crippen molar-refractivity contribution in [1.29, 1.82) is 0 Å². The van der Waals surface area contributed by atoms with E-state index < -0.39 is 20.0 Å². The van der Waals surface area contributed by atoms with E-state index in [1.807, 2.05) is 33.3 Å².